The molecule has 2 atom stereocenters. The van der Waals surface area contributed by atoms with Crippen LogP contribution in [0.2, 0.25) is 0 Å². The quantitative estimate of drug-likeness (QED) is 0.804. The highest BCUT2D eigenvalue weighted by molar-refractivity contribution is 5.74. The van der Waals surface area contributed by atoms with Crippen molar-refractivity contribution in [2.45, 2.75) is 39.3 Å². The maximum absolute atomic E-state index is 11.7. The Balaban J connectivity index is 2.22. The van der Waals surface area contributed by atoms with Gasteiger partial charge in [0.25, 0.3) is 0 Å². The molecule has 0 aromatic heterocycles. The van der Waals surface area contributed by atoms with Crippen molar-refractivity contribution >= 4 is 5.97 Å². The summed E-state index contributed by atoms with van der Waals surface area (Å²) in [5, 5.41) is 0. The topological polar surface area (TPSA) is 80.0 Å². The molecule has 6 heteroatoms. The third-order valence-corrected chi connectivity index (χ3v) is 3.02. The van der Waals surface area contributed by atoms with Gasteiger partial charge in [-0.15, -0.1) is 0 Å². The minimum absolute atomic E-state index is 0.0365. The standard InChI is InChI=1S/C15H21NO5/c1-4-18-15(17)10(3)21-12-7-14-13(19-8-20-14)6-11(12)5-9(2)16/h6-7,9-10H,4-5,8,16H2,1-3H3. The Kier molecular flexibility index (Phi) is 4.90. The second-order valence-electron chi connectivity index (χ2n) is 5.01. The summed E-state index contributed by atoms with van der Waals surface area (Å²) in [6.07, 6.45) is -0.0845. The number of nitrogens with two attached hydrogens (primary N) is 1. The lowest BCUT2D eigenvalue weighted by molar-refractivity contribution is -0.150. The fourth-order valence-electron chi connectivity index (χ4n) is 2.08. The Morgan fingerprint density at radius 1 is 1.33 bits per heavy atom. The van der Waals surface area contributed by atoms with Crippen LogP contribution < -0.4 is 19.9 Å². The van der Waals surface area contributed by atoms with Crippen LogP contribution in [-0.4, -0.2) is 31.5 Å². The zero-order valence-electron chi connectivity index (χ0n) is 12.5. The van der Waals surface area contributed by atoms with Gasteiger partial charge in [-0.25, -0.2) is 4.79 Å². The first-order valence-electron chi connectivity index (χ1n) is 7.02. The van der Waals surface area contributed by atoms with E-state index in [2.05, 4.69) is 0 Å². The fourth-order valence-corrected chi connectivity index (χ4v) is 2.08. The maximum Gasteiger partial charge on any atom is 0.347 e. The number of carbonyl (C=O) groups is 1. The predicted molar refractivity (Wildman–Crippen MR) is 76.6 cm³/mol. The van der Waals surface area contributed by atoms with Crippen molar-refractivity contribution < 1.29 is 23.7 Å². The van der Waals surface area contributed by atoms with Gasteiger partial charge in [0, 0.05) is 12.1 Å². The molecule has 2 N–H and O–H groups in total. The van der Waals surface area contributed by atoms with Crippen molar-refractivity contribution in [3.8, 4) is 17.2 Å². The lowest BCUT2D eigenvalue weighted by atomic mass is 10.1. The molecule has 0 saturated carbocycles. The molecule has 0 radical (unpaired) electrons. The molecule has 1 aliphatic heterocycles. The average molecular weight is 295 g/mol. The zero-order chi connectivity index (χ0) is 15.4. The van der Waals surface area contributed by atoms with Gasteiger partial charge in [-0.1, -0.05) is 0 Å². The summed E-state index contributed by atoms with van der Waals surface area (Å²) in [5.74, 6) is 1.44. The summed E-state index contributed by atoms with van der Waals surface area (Å²) >= 11 is 0. The largest absolute Gasteiger partial charge is 0.479 e. The van der Waals surface area contributed by atoms with Crippen LogP contribution in [0.5, 0.6) is 17.2 Å². The normalized spacial score (nSPS) is 15.4. The second kappa shape index (κ2) is 6.67. The molecule has 0 bridgehead atoms. The van der Waals surface area contributed by atoms with E-state index in [0.717, 1.165) is 5.56 Å². The van der Waals surface area contributed by atoms with Crippen LogP contribution in [0.25, 0.3) is 0 Å². The van der Waals surface area contributed by atoms with E-state index in [0.29, 0.717) is 30.3 Å². The summed E-state index contributed by atoms with van der Waals surface area (Å²) in [5.41, 5.74) is 6.74. The molecule has 1 aromatic rings. The van der Waals surface area contributed by atoms with Crippen LogP contribution in [0.3, 0.4) is 0 Å². The molecule has 1 aromatic carbocycles. The number of carbonyl (C=O) groups excluding carboxylic acids is 1. The fraction of sp³-hybridized carbons (Fsp3) is 0.533. The Bertz CT molecular complexity index is 515. The first-order valence-corrected chi connectivity index (χ1v) is 7.02. The Hall–Kier alpha value is -1.95. The van der Waals surface area contributed by atoms with E-state index in [-0.39, 0.29) is 12.8 Å². The van der Waals surface area contributed by atoms with Gasteiger partial charge < -0.3 is 24.7 Å². The number of esters is 1. The van der Waals surface area contributed by atoms with Crippen LogP contribution in [0.4, 0.5) is 0 Å². The third-order valence-electron chi connectivity index (χ3n) is 3.02. The van der Waals surface area contributed by atoms with Gasteiger partial charge in [-0.3, -0.25) is 0 Å². The molecule has 116 valence electrons. The SMILES string of the molecule is CCOC(=O)C(C)Oc1cc2c(cc1CC(C)N)OCO2. The Morgan fingerprint density at radius 3 is 2.62 bits per heavy atom. The van der Waals surface area contributed by atoms with Gasteiger partial charge in [0.1, 0.15) is 5.75 Å². The number of ether oxygens (including phenoxy) is 4. The minimum Gasteiger partial charge on any atom is -0.479 e. The van der Waals surface area contributed by atoms with Crippen LogP contribution in [-0.2, 0) is 16.0 Å². The Labute approximate surface area is 124 Å². The van der Waals surface area contributed by atoms with E-state index < -0.39 is 12.1 Å². The van der Waals surface area contributed by atoms with Crippen LogP contribution in [0.15, 0.2) is 12.1 Å². The molecule has 0 spiro atoms. The number of hydrogen-bond donors (Lipinski definition) is 1. The van der Waals surface area contributed by atoms with Crippen molar-refractivity contribution in [1.82, 2.24) is 0 Å². The number of fused-ring (bicyclic) bond motifs is 1. The highest BCUT2D eigenvalue weighted by atomic mass is 16.7. The van der Waals surface area contributed by atoms with Crippen LogP contribution >= 0.6 is 0 Å². The van der Waals surface area contributed by atoms with Crippen LogP contribution in [0.1, 0.15) is 26.3 Å². The van der Waals surface area contributed by atoms with Gasteiger partial charge in [-0.2, -0.15) is 0 Å². The summed E-state index contributed by atoms with van der Waals surface area (Å²) < 4.78 is 21.4. The van der Waals surface area contributed by atoms with E-state index in [9.17, 15) is 4.79 Å². The lowest BCUT2D eigenvalue weighted by Crippen LogP contribution is -2.27. The molecular weight excluding hydrogens is 274 g/mol. The van der Waals surface area contributed by atoms with Gasteiger partial charge in [0.15, 0.2) is 17.6 Å². The molecule has 0 aliphatic carbocycles. The van der Waals surface area contributed by atoms with E-state index in [1.807, 2.05) is 13.0 Å². The average Bonchev–Trinajstić information content (AvgIpc) is 2.85. The summed E-state index contributed by atoms with van der Waals surface area (Å²) in [6, 6.07) is 3.54. The van der Waals surface area contributed by atoms with E-state index >= 15 is 0 Å². The molecule has 0 amide bonds. The van der Waals surface area contributed by atoms with Gasteiger partial charge in [0.05, 0.1) is 6.61 Å². The number of benzene rings is 1. The molecule has 2 unspecified atom stereocenters. The minimum atomic E-state index is -0.697. The second-order valence-corrected chi connectivity index (χ2v) is 5.01. The first kappa shape index (κ1) is 15.4. The smallest absolute Gasteiger partial charge is 0.347 e. The predicted octanol–water partition coefficient (Wildman–Crippen LogP) is 1.64. The van der Waals surface area contributed by atoms with Crippen molar-refractivity contribution in [3.05, 3.63) is 17.7 Å². The molecule has 21 heavy (non-hydrogen) atoms. The summed E-state index contributed by atoms with van der Waals surface area (Å²) in [7, 11) is 0. The van der Waals surface area contributed by atoms with Crippen molar-refractivity contribution in [1.29, 1.82) is 0 Å². The van der Waals surface area contributed by atoms with Crippen molar-refractivity contribution in [2.24, 2.45) is 5.73 Å². The molecule has 0 fully saturated rings. The van der Waals surface area contributed by atoms with Gasteiger partial charge in [0.2, 0.25) is 6.79 Å². The molecular formula is C15H21NO5. The summed E-state index contributed by atoms with van der Waals surface area (Å²) in [6.45, 7) is 5.82. The monoisotopic (exact) mass is 295 g/mol. The van der Waals surface area contributed by atoms with E-state index in [1.165, 1.54) is 0 Å². The van der Waals surface area contributed by atoms with Gasteiger partial charge >= 0.3 is 5.97 Å². The summed E-state index contributed by atoms with van der Waals surface area (Å²) in [4.78, 5) is 11.7. The number of rotatable bonds is 6. The highest BCUT2D eigenvalue weighted by Crippen LogP contribution is 2.38. The van der Waals surface area contributed by atoms with E-state index in [4.69, 9.17) is 24.7 Å². The Morgan fingerprint density at radius 2 is 2.00 bits per heavy atom. The van der Waals surface area contributed by atoms with Crippen molar-refractivity contribution in [2.75, 3.05) is 13.4 Å². The molecule has 1 heterocycles. The third kappa shape index (κ3) is 3.78. The first-order chi connectivity index (χ1) is 10.0. The van der Waals surface area contributed by atoms with Crippen molar-refractivity contribution in [3.63, 3.8) is 0 Å². The maximum atomic E-state index is 11.7. The molecule has 1 aliphatic rings. The zero-order valence-corrected chi connectivity index (χ0v) is 12.5. The molecule has 6 nitrogen and oxygen atoms in total. The molecule has 0 saturated heterocycles. The van der Waals surface area contributed by atoms with Gasteiger partial charge in [-0.05, 0) is 38.8 Å². The molecule has 2 rings (SSSR count). The highest BCUT2D eigenvalue weighted by Gasteiger charge is 2.22. The lowest BCUT2D eigenvalue weighted by Gasteiger charge is -2.18. The van der Waals surface area contributed by atoms with E-state index in [1.54, 1.807) is 19.9 Å². The van der Waals surface area contributed by atoms with Crippen LogP contribution in [0, 0.1) is 0 Å². The number of hydrogen-bond acceptors (Lipinski definition) is 6.